The van der Waals surface area contributed by atoms with Gasteiger partial charge < -0.3 is 8.85 Å². The van der Waals surface area contributed by atoms with Crippen LogP contribution in [0.4, 0.5) is 0 Å². The van der Waals surface area contributed by atoms with Gasteiger partial charge in [0, 0.05) is 12.0 Å². The van der Waals surface area contributed by atoms with E-state index in [1.807, 2.05) is 0 Å². The molecule has 0 aromatic heterocycles. The zero-order valence-corrected chi connectivity index (χ0v) is 22.9. The molecule has 0 aliphatic heterocycles. The lowest BCUT2D eigenvalue weighted by atomic mass is 10.0. The molecule has 2 aromatic rings. The highest BCUT2D eigenvalue weighted by molar-refractivity contribution is 6.65. The third-order valence-electron chi connectivity index (χ3n) is 6.55. The van der Waals surface area contributed by atoms with E-state index in [2.05, 4.69) is 62.5 Å². The van der Waals surface area contributed by atoms with Crippen molar-refractivity contribution in [3.63, 3.8) is 0 Å². The Balaban J connectivity index is 1.42. The molecule has 0 saturated heterocycles. The van der Waals surface area contributed by atoms with Crippen molar-refractivity contribution in [2.24, 2.45) is 0 Å². The molecule has 2 nitrogen and oxygen atoms in total. The highest BCUT2D eigenvalue weighted by Crippen LogP contribution is 2.28. The predicted octanol–water partition coefficient (Wildman–Crippen LogP) is 10.2. The molecule has 0 radical (unpaired) electrons. The van der Waals surface area contributed by atoms with E-state index in [1.54, 1.807) is 0 Å². The fraction of sp³-hybridized carbons (Fsp3) is 0.667. The lowest BCUT2D eigenvalue weighted by Crippen LogP contribution is -2.38. The smallest absolute Gasteiger partial charge is 0.392 e. The van der Waals surface area contributed by atoms with Crippen LogP contribution < -0.4 is 4.43 Å². The van der Waals surface area contributed by atoms with Crippen LogP contribution in [0, 0.1) is 0 Å². The largest absolute Gasteiger partial charge is 0.520 e. The Morgan fingerprint density at radius 1 is 0.576 bits per heavy atom. The molecule has 3 heteroatoms. The van der Waals surface area contributed by atoms with E-state index in [4.69, 9.17) is 8.85 Å². The molecule has 0 aliphatic rings. The van der Waals surface area contributed by atoms with Crippen LogP contribution in [0.2, 0.25) is 13.1 Å². The van der Waals surface area contributed by atoms with Gasteiger partial charge in [-0.25, -0.2) is 0 Å². The Morgan fingerprint density at radius 3 is 1.64 bits per heavy atom. The van der Waals surface area contributed by atoms with Crippen molar-refractivity contribution in [2.75, 3.05) is 6.61 Å². The normalized spacial score (nSPS) is 11.8. The Kier molecular flexibility index (Phi) is 14.5. The maximum absolute atomic E-state index is 6.36. The van der Waals surface area contributed by atoms with Crippen LogP contribution in [-0.2, 0) is 4.43 Å². The minimum absolute atomic E-state index is 0.822. The molecule has 0 amide bonds. The molecule has 0 bridgehead atoms. The van der Waals surface area contributed by atoms with Gasteiger partial charge in [0.15, 0.2) is 0 Å². The number of benzene rings is 2. The molecular weight excluding hydrogens is 420 g/mol. The van der Waals surface area contributed by atoms with Gasteiger partial charge in [-0.3, -0.25) is 0 Å². The van der Waals surface area contributed by atoms with Crippen LogP contribution in [0.25, 0.3) is 10.8 Å². The van der Waals surface area contributed by atoms with E-state index in [1.165, 1.54) is 107 Å². The van der Waals surface area contributed by atoms with Crippen LogP contribution in [0.1, 0.15) is 110 Å². The second-order valence-corrected chi connectivity index (χ2v) is 13.4. The van der Waals surface area contributed by atoms with E-state index in [0.717, 1.165) is 18.8 Å². The molecule has 0 saturated carbocycles. The summed E-state index contributed by atoms with van der Waals surface area (Å²) in [6.45, 7) is 7.42. The first kappa shape index (κ1) is 27.9. The van der Waals surface area contributed by atoms with Gasteiger partial charge in [0.05, 0.1) is 0 Å². The summed E-state index contributed by atoms with van der Waals surface area (Å²) >= 11 is 0. The van der Waals surface area contributed by atoms with Crippen molar-refractivity contribution in [3.8, 4) is 5.75 Å². The van der Waals surface area contributed by atoms with Crippen molar-refractivity contribution >= 4 is 19.3 Å². The monoisotopic (exact) mass is 470 g/mol. The first-order chi connectivity index (χ1) is 16.1. The summed E-state index contributed by atoms with van der Waals surface area (Å²) in [5, 5.41) is 2.39. The second-order valence-electron chi connectivity index (χ2n) is 10.1. The van der Waals surface area contributed by atoms with Crippen LogP contribution in [0.15, 0.2) is 42.5 Å². The van der Waals surface area contributed by atoms with E-state index in [0.29, 0.717) is 0 Å². The average molecular weight is 471 g/mol. The molecule has 0 spiro atoms. The van der Waals surface area contributed by atoms with Crippen molar-refractivity contribution < 1.29 is 8.85 Å². The molecule has 0 unspecified atom stereocenters. The molecule has 186 valence electrons. The zero-order valence-electron chi connectivity index (χ0n) is 21.9. The SMILES string of the molecule is CCCCCCCCCCCCCCCCCCO[Si](C)(C)Oc1cccc2ccccc12. The van der Waals surface area contributed by atoms with Crippen molar-refractivity contribution in [1.82, 2.24) is 0 Å². The van der Waals surface area contributed by atoms with Gasteiger partial charge in [0.25, 0.3) is 0 Å². The molecular formula is C30H50O2Si. The van der Waals surface area contributed by atoms with E-state index < -0.39 is 8.56 Å². The number of hydrogen-bond acceptors (Lipinski definition) is 2. The average Bonchev–Trinajstić information content (AvgIpc) is 2.81. The number of rotatable bonds is 20. The number of fused-ring (bicyclic) bond motifs is 1. The Morgan fingerprint density at radius 2 is 1.06 bits per heavy atom. The first-order valence-corrected chi connectivity index (χ1v) is 16.7. The molecule has 33 heavy (non-hydrogen) atoms. The lowest BCUT2D eigenvalue weighted by molar-refractivity contribution is 0.241. The molecule has 0 atom stereocenters. The molecule has 0 N–H and O–H groups in total. The topological polar surface area (TPSA) is 18.5 Å². The van der Waals surface area contributed by atoms with Gasteiger partial charge in [-0.2, -0.15) is 0 Å². The minimum atomic E-state index is -2.17. The quantitative estimate of drug-likeness (QED) is 0.141. The summed E-state index contributed by atoms with van der Waals surface area (Å²) in [6.07, 6.45) is 22.3. The van der Waals surface area contributed by atoms with Gasteiger partial charge in [0.2, 0.25) is 0 Å². The van der Waals surface area contributed by atoms with E-state index >= 15 is 0 Å². The Hall–Kier alpha value is -1.32. The van der Waals surface area contributed by atoms with Gasteiger partial charge in [0.1, 0.15) is 5.75 Å². The van der Waals surface area contributed by atoms with Crippen molar-refractivity contribution in [2.45, 2.75) is 123 Å². The third kappa shape index (κ3) is 12.6. The van der Waals surface area contributed by atoms with Crippen LogP contribution in [0.5, 0.6) is 5.75 Å². The molecule has 2 aromatic carbocycles. The summed E-state index contributed by atoms with van der Waals surface area (Å²) in [6, 6.07) is 14.7. The van der Waals surface area contributed by atoms with E-state index in [-0.39, 0.29) is 0 Å². The molecule has 2 rings (SSSR count). The summed E-state index contributed by atoms with van der Waals surface area (Å²) < 4.78 is 12.6. The zero-order chi connectivity index (χ0) is 23.6. The Bertz CT molecular complexity index is 738. The third-order valence-corrected chi connectivity index (χ3v) is 8.16. The van der Waals surface area contributed by atoms with Gasteiger partial charge in [-0.05, 0) is 31.0 Å². The van der Waals surface area contributed by atoms with Crippen molar-refractivity contribution in [3.05, 3.63) is 42.5 Å². The van der Waals surface area contributed by atoms with E-state index in [9.17, 15) is 0 Å². The van der Waals surface area contributed by atoms with Crippen molar-refractivity contribution in [1.29, 1.82) is 0 Å². The van der Waals surface area contributed by atoms with Gasteiger partial charge in [-0.1, -0.05) is 140 Å². The summed E-state index contributed by atoms with van der Waals surface area (Å²) in [4.78, 5) is 0. The summed E-state index contributed by atoms with van der Waals surface area (Å²) in [5.74, 6) is 0.955. The highest BCUT2D eigenvalue weighted by Gasteiger charge is 2.27. The molecule has 0 heterocycles. The summed E-state index contributed by atoms with van der Waals surface area (Å²) in [7, 11) is -2.17. The number of unbranched alkanes of at least 4 members (excludes halogenated alkanes) is 15. The van der Waals surface area contributed by atoms with Crippen LogP contribution in [-0.4, -0.2) is 15.2 Å². The highest BCUT2D eigenvalue weighted by atomic mass is 28.4. The minimum Gasteiger partial charge on any atom is -0.520 e. The van der Waals surface area contributed by atoms with Gasteiger partial charge >= 0.3 is 8.56 Å². The van der Waals surface area contributed by atoms with Crippen LogP contribution in [0.3, 0.4) is 0 Å². The Labute approximate surface area is 205 Å². The lowest BCUT2D eigenvalue weighted by Gasteiger charge is -2.24. The number of hydrogen-bond donors (Lipinski definition) is 0. The van der Waals surface area contributed by atoms with Gasteiger partial charge in [-0.15, -0.1) is 0 Å². The molecule has 0 fully saturated rings. The standard InChI is InChI=1S/C30H50O2Si/c1-4-5-6-7-8-9-10-11-12-13-14-15-16-17-18-21-27-31-33(2,3)32-30-26-22-24-28-23-19-20-25-29(28)30/h19-20,22-26H,4-18,21,27H2,1-3H3. The summed E-state index contributed by atoms with van der Waals surface area (Å²) in [5.41, 5.74) is 0. The predicted molar refractivity (Wildman–Crippen MR) is 148 cm³/mol. The molecule has 0 aliphatic carbocycles. The first-order valence-electron chi connectivity index (χ1n) is 13.9. The maximum atomic E-state index is 6.36. The van der Waals surface area contributed by atoms with Crippen LogP contribution >= 0.6 is 0 Å². The second kappa shape index (κ2) is 17.2. The fourth-order valence-corrected chi connectivity index (χ4v) is 5.95. The maximum Gasteiger partial charge on any atom is 0.392 e. The fourth-order valence-electron chi connectivity index (χ4n) is 4.55.